The SMILES string of the molecule is CC(C)CC(=O)N(CC(N)=O)C[C@H](CCC(=O)O)NC(=O)CN(C[C@H](CC(C)C)NC(=O)CN(C[C@H](CC(C)C)NC(=O)CN(C[C@@H](N)CC(C)C)C(=O)CCc1ccccc1)C(=O)CC(C)C)C(=O)CCc1ccccc1. The fraction of sp³-hybridized carbons (Fsp3) is 0.644. The topological polar surface area (TPSA) is 275 Å². The van der Waals surface area contributed by atoms with Gasteiger partial charge in [-0.2, -0.15) is 0 Å². The molecule has 0 bridgehead atoms. The molecule has 2 rings (SSSR count). The molecule has 2 aromatic carbocycles. The van der Waals surface area contributed by atoms with Crippen molar-refractivity contribution in [2.75, 3.05) is 52.4 Å². The standard InChI is InChI=1S/C59H95N9O10/c1-40(2)27-47(60)32-65(55(73)24-21-45-17-13-11-14-18-45)37-53(71)64-50(29-42(5)6)35-68(58(76)31-44(9)10)39-54(72)63-49(28-41(3)4)34-67(56(74)25-22-46-19-15-12-16-20-46)38-52(70)62-48(23-26-59(77)78)33-66(36-51(61)69)57(75)30-43(7)8/h11-20,40-44,47-50H,21-39,60H2,1-10H3,(H2,61,69)(H,62,70)(H,63,72)(H,64,71)(H,77,78)/t47-,48-,49-,50-/m0/s1. The summed E-state index contributed by atoms with van der Waals surface area (Å²) in [6, 6.07) is 16.4. The van der Waals surface area contributed by atoms with E-state index in [-0.39, 0.29) is 131 Å². The van der Waals surface area contributed by atoms with Crippen LogP contribution in [-0.2, 0) is 56.0 Å². The Morgan fingerprint density at radius 2 is 0.795 bits per heavy atom. The monoisotopic (exact) mass is 1090 g/mol. The van der Waals surface area contributed by atoms with Crippen LogP contribution in [0.25, 0.3) is 0 Å². The Kier molecular flexibility index (Phi) is 31.2. The summed E-state index contributed by atoms with van der Waals surface area (Å²) >= 11 is 0. The number of nitrogens with zero attached hydrogens (tertiary/aromatic N) is 4. The number of carbonyl (C=O) groups is 9. The van der Waals surface area contributed by atoms with Crippen LogP contribution in [0.4, 0.5) is 0 Å². The van der Waals surface area contributed by atoms with Crippen molar-refractivity contribution in [1.82, 2.24) is 35.6 Å². The summed E-state index contributed by atoms with van der Waals surface area (Å²) in [4.78, 5) is 127. The summed E-state index contributed by atoms with van der Waals surface area (Å²) in [7, 11) is 0. The fourth-order valence-electron chi connectivity index (χ4n) is 9.38. The Hall–Kier alpha value is -6.37. The van der Waals surface area contributed by atoms with Crippen LogP contribution in [-0.4, -0.2) is 154 Å². The lowest BCUT2D eigenvalue weighted by Crippen LogP contribution is -2.54. The van der Waals surface area contributed by atoms with Gasteiger partial charge in [0.2, 0.25) is 47.3 Å². The third-order valence-electron chi connectivity index (χ3n) is 12.7. The zero-order valence-electron chi connectivity index (χ0n) is 48.5. The molecule has 0 aliphatic heterocycles. The predicted molar refractivity (Wildman–Crippen MR) is 303 cm³/mol. The molecule has 19 nitrogen and oxygen atoms in total. The van der Waals surface area contributed by atoms with Crippen LogP contribution in [0.3, 0.4) is 0 Å². The fourth-order valence-corrected chi connectivity index (χ4v) is 9.38. The summed E-state index contributed by atoms with van der Waals surface area (Å²) in [5.41, 5.74) is 13.9. The molecule has 8 N–H and O–H groups in total. The van der Waals surface area contributed by atoms with Crippen molar-refractivity contribution < 1.29 is 48.3 Å². The smallest absolute Gasteiger partial charge is 0.303 e. The summed E-state index contributed by atoms with van der Waals surface area (Å²) < 4.78 is 0. The number of carboxylic acids is 1. The number of hydrogen-bond acceptors (Lipinski definition) is 10. The Bertz CT molecular complexity index is 2190. The third-order valence-corrected chi connectivity index (χ3v) is 12.7. The van der Waals surface area contributed by atoms with Crippen molar-refractivity contribution in [2.24, 2.45) is 41.1 Å². The van der Waals surface area contributed by atoms with Gasteiger partial charge in [-0.15, -0.1) is 0 Å². The number of nitrogens with one attached hydrogen (secondary N) is 3. The number of amides is 8. The van der Waals surface area contributed by atoms with Gasteiger partial charge in [-0.05, 0) is 79.2 Å². The number of benzene rings is 2. The van der Waals surface area contributed by atoms with Crippen LogP contribution in [0.15, 0.2) is 60.7 Å². The molecule has 0 spiro atoms. The Morgan fingerprint density at radius 3 is 1.15 bits per heavy atom. The Balaban J connectivity index is 2.45. The Morgan fingerprint density at radius 1 is 0.449 bits per heavy atom. The van der Waals surface area contributed by atoms with Crippen molar-refractivity contribution in [3.63, 3.8) is 0 Å². The molecule has 2 aromatic rings. The molecule has 8 amide bonds. The number of nitrogens with two attached hydrogens (primary N) is 2. The van der Waals surface area contributed by atoms with Gasteiger partial charge >= 0.3 is 5.97 Å². The van der Waals surface area contributed by atoms with Crippen molar-refractivity contribution in [1.29, 1.82) is 0 Å². The Labute approximate surface area is 464 Å². The number of aryl methyl sites for hydroxylation is 2. The molecule has 0 radical (unpaired) electrons. The molecule has 0 aromatic heterocycles. The third kappa shape index (κ3) is 30.0. The molecule has 0 aliphatic carbocycles. The van der Waals surface area contributed by atoms with Crippen LogP contribution in [0.2, 0.25) is 0 Å². The van der Waals surface area contributed by atoms with Crippen molar-refractivity contribution in [3.05, 3.63) is 71.8 Å². The molecule has 0 saturated carbocycles. The lowest BCUT2D eigenvalue weighted by atomic mass is 10.0. The van der Waals surface area contributed by atoms with Gasteiger partial charge in [0, 0.05) is 82.5 Å². The number of hydrogen-bond donors (Lipinski definition) is 6. The van der Waals surface area contributed by atoms with Gasteiger partial charge in [0.25, 0.3) is 0 Å². The molecular weight excluding hydrogens is 995 g/mol. The first kappa shape index (κ1) is 67.7. The van der Waals surface area contributed by atoms with E-state index < -0.39 is 66.7 Å². The van der Waals surface area contributed by atoms with Crippen molar-refractivity contribution in [2.45, 2.75) is 164 Å². The highest BCUT2D eigenvalue weighted by Crippen LogP contribution is 2.16. The number of carbonyl (C=O) groups excluding carboxylic acids is 8. The summed E-state index contributed by atoms with van der Waals surface area (Å²) in [6.45, 7) is 17.8. The lowest BCUT2D eigenvalue weighted by molar-refractivity contribution is -0.139. The molecule has 0 fully saturated rings. The second-order valence-electron chi connectivity index (χ2n) is 23.1. The molecule has 0 aliphatic rings. The normalized spacial score (nSPS) is 12.9. The maximum Gasteiger partial charge on any atom is 0.303 e. The van der Waals surface area contributed by atoms with Crippen LogP contribution >= 0.6 is 0 Å². The molecule has 4 atom stereocenters. The average Bonchev–Trinajstić information content (AvgIpc) is 3.32. The molecule has 19 heteroatoms. The summed E-state index contributed by atoms with van der Waals surface area (Å²) in [5, 5.41) is 18.5. The zero-order chi connectivity index (χ0) is 58.5. The van der Waals surface area contributed by atoms with Crippen molar-refractivity contribution >= 4 is 53.2 Å². The van der Waals surface area contributed by atoms with E-state index in [4.69, 9.17) is 11.5 Å². The van der Waals surface area contributed by atoms with E-state index in [9.17, 15) is 48.3 Å². The van der Waals surface area contributed by atoms with E-state index in [1.807, 2.05) is 130 Å². The quantitative estimate of drug-likeness (QED) is 0.0525. The van der Waals surface area contributed by atoms with Gasteiger partial charge in [-0.25, -0.2) is 0 Å². The summed E-state index contributed by atoms with van der Waals surface area (Å²) in [6.07, 6.45) is 2.32. The minimum Gasteiger partial charge on any atom is -0.481 e. The number of carboxylic acid groups (broad SMARTS) is 1. The number of aliphatic carboxylic acids is 1. The molecule has 0 unspecified atom stereocenters. The van der Waals surface area contributed by atoms with Gasteiger partial charge in [0.1, 0.15) is 0 Å². The summed E-state index contributed by atoms with van der Waals surface area (Å²) in [5.74, 6) is -4.55. The number of rotatable bonds is 38. The van der Waals surface area contributed by atoms with E-state index in [1.54, 1.807) is 0 Å². The highest BCUT2D eigenvalue weighted by Gasteiger charge is 2.30. The molecule has 0 saturated heterocycles. The van der Waals surface area contributed by atoms with Gasteiger partial charge in [-0.3, -0.25) is 43.2 Å². The largest absolute Gasteiger partial charge is 0.481 e. The maximum absolute atomic E-state index is 14.3. The maximum atomic E-state index is 14.3. The van der Waals surface area contributed by atoms with Gasteiger partial charge in [0.15, 0.2) is 0 Å². The predicted octanol–water partition coefficient (Wildman–Crippen LogP) is 4.93. The number of primary amides is 1. The van der Waals surface area contributed by atoms with E-state index in [0.717, 1.165) is 11.1 Å². The minimum absolute atomic E-state index is 0.000191. The first-order valence-corrected chi connectivity index (χ1v) is 28.0. The second-order valence-corrected chi connectivity index (χ2v) is 23.1. The first-order valence-electron chi connectivity index (χ1n) is 28.0. The molecule has 436 valence electrons. The van der Waals surface area contributed by atoms with Gasteiger partial charge < -0.3 is 52.1 Å². The minimum atomic E-state index is -1.14. The first-order chi connectivity index (χ1) is 36.7. The van der Waals surface area contributed by atoms with E-state index >= 15 is 0 Å². The lowest BCUT2D eigenvalue weighted by Gasteiger charge is -2.33. The van der Waals surface area contributed by atoms with Crippen molar-refractivity contribution in [3.8, 4) is 0 Å². The van der Waals surface area contributed by atoms with E-state index in [2.05, 4.69) is 16.0 Å². The second kappa shape index (κ2) is 35.9. The van der Waals surface area contributed by atoms with Gasteiger partial charge in [-0.1, -0.05) is 130 Å². The highest BCUT2D eigenvalue weighted by atomic mass is 16.4. The van der Waals surface area contributed by atoms with Crippen LogP contribution < -0.4 is 27.4 Å². The molecule has 0 heterocycles. The van der Waals surface area contributed by atoms with E-state index in [1.165, 1.54) is 19.6 Å². The van der Waals surface area contributed by atoms with E-state index in [0.29, 0.717) is 32.1 Å². The van der Waals surface area contributed by atoms with Crippen LogP contribution in [0.5, 0.6) is 0 Å². The zero-order valence-corrected chi connectivity index (χ0v) is 48.5. The molecular formula is C59H95N9O10. The molecule has 78 heavy (non-hydrogen) atoms. The van der Waals surface area contributed by atoms with Crippen LogP contribution in [0, 0.1) is 29.6 Å². The highest BCUT2D eigenvalue weighted by molar-refractivity contribution is 5.88. The van der Waals surface area contributed by atoms with Gasteiger partial charge in [0.05, 0.1) is 26.2 Å². The van der Waals surface area contributed by atoms with Crippen LogP contribution in [0.1, 0.15) is 138 Å². The average molecular weight is 1090 g/mol.